The number of thiazole rings is 1. The summed E-state index contributed by atoms with van der Waals surface area (Å²) in [6.07, 6.45) is 0.879. The molecule has 2 rings (SSSR count). The van der Waals surface area contributed by atoms with Gasteiger partial charge < -0.3 is 5.11 Å². The summed E-state index contributed by atoms with van der Waals surface area (Å²) in [4.78, 5) is 4.09. The standard InChI is InChI=1S/C12H12ClNOS/c1-7-3-8(2)5-9(4-7)11(15)12-14-6-10(13)16-12/h3-6,11,15H,1-2H3. The van der Waals surface area contributed by atoms with Gasteiger partial charge in [-0.2, -0.15) is 0 Å². The molecule has 2 aromatic rings. The molecule has 0 bridgehead atoms. The van der Waals surface area contributed by atoms with E-state index in [1.54, 1.807) is 6.20 Å². The van der Waals surface area contributed by atoms with Crippen LogP contribution in [-0.4, -0.2) is 10.1 Å². The van der Waals surface area contributed by atoms with Crippen LogP contribution in [0.2, 0.25) is 4.34 Å². The Morgan fingerprint density at radius 3 is 2.38 bits per heavy atom. The summed E-state index contributed by atoms with van der Waals surface area (Å²) in [5.74, 6) is 0. The van der Waals surface area contributed by atoms with E-state index >= 15 is 0 Å². The van der Waals surface area contributed by atoms with E-state index in [2.05, 4.69) is 11.1 Å². The highest BCUT2D eigenvalue weighted by Crippen LogP contribution is 2.29. The van der Waals surface area contributed by atoms with E-state index in [4.69, 9.17) is 11.6 Å². The van der Waals surface area contributed by atoms with Gasteiger partial charge in [-0.1, -0.05) is 40.9 Å². The number of nitrogens with zero attached hydrogens (tertiary/aromatic N) is 1. The third-order valence-electron chi connectivity index (χ3n) is 2.29. The first-order valence-electron chi connectivity index (χ1n) is 4.94. The van der Waals surface area contributed by atoms with Crippen LogP contribution in [0.25, 0.3) is 0 Å². The molecule has 4 heteroatoms. The molecule has 0 radical (unpaired) electrons. The number of rotatable bonds is 2. The minimum Gasteiger partial charge on any atom is -0.381 e. The monoisotopic (exact) mass is 253 g/mol. The molecule has 0 aliphatic rings. The van der Waals surface area contributed by atoms with Gasteiger partial charge in [-0.25, -0.2) is 4.98 Å². The lowest BCUT2D eigenvalue weighted by molar-refractivity contribution is 0.219. The normalized spacial score (nSPS) is 12.8. The van der Waals surface area contributed by atoms with Crippen molar-refractivity contribution in [3.63, 3.8) is 0 Å². The van der Waals surface area contributed by atoms with Gasteiger partial charge in [0, 0.05) is 0 Å². The highest BCUT2D eigenvalue weighted by molar-refractivity contribution is 7.15. The molecule has 0 saturated carbocycles. The second kappa shape index (κ2) is 4.53. The van der Waals surface area contributed by atoms with Crippen molar-refractivity contribution in [2.45, 2.75) is 20.0 Å². The Morgan fingerprint density at radius 1 is 1.25 bits per heavy atom. The molecule has 0 saturated heterocycles. The molecule has 1 N–H and O–H groups in total. The topological polar surface area (TPSA) is 33.1 Å². The lowest BCUT2D eigenvalue weighted by Gasteiger charge is -2.09. The lowest BCUT2D eigenvalue weighted by atomic mass is 10.0. The van der Waals surface area contributed by atoms with Crippen molar-refractivity contribution in [3.05, 3.63) is 50.4 Å². The van der Waals surface area contributed by atoms with E-state index in [0.717, 1.165) is 16.7 Å². The summed E-state index contributed by atoms with van der Waals surface area (Å²) in [6, 6.07) is 6.00. The van der Waals surface area contributed by atoms with Gasteiger partial charge in [0.15, 0.2) is 0 Å². The fraction of sp³-hybridized carbons (Fsp3) is 0.250. The zero-order valence-electron chi connectivity index (χ0n) is 9.07. The summed E-state index contributed by atoms with van der Waals surface area (Å²) < 4.78 is 0.596. The van der Waals surface area contributed by atoms with Gasteiger partial charge >= 0.3 is 0 Å². The molecule has 16 heavy (non-hydrogen) atoms. The van der Waals surface area contributed by atoms with Crippen molar-refractivity contribution in [3.8, 4) is 0 Å². The van der Waals surface area contributed by atoms with E-state index in [0.29, 0.717) is 9.34 Å². The molecular formula is C12H12ClNOS. The summed E-state index contributed by atoms with van der Waals surface area (Å²) in [5.41, 5.74) is 3.14. The Kier molecular flexibility index (Phi) is 3.28. The predicted octanol–water partition coefficient (Wildman–Crippen LogP) is 3.50. The van der Waals surface area contributed by atoms with E-state index in [-0.39, 0.29) is 0 Å². The van der Waals surface area contributed by atoms with Crippen LogP contribution in [0.3, 0.4) is 0 Å². The van der Waals surface area contributed by atoms with Crippen LogP contribution in [-0.2, 0) is 0 Å². The van der Waals surface area contributed by atoms with Crippen molar-refractivity contribution in [2.75, 3.05) is 0 Å². The van der Waals surface area contributed by atoms with E-state index in [1.165, 1.54) is 11.3 Å². The number of hydrogen-bond acceptors (Lipinski definition) is 3. The number of halogens is 1. The molecular weight excluding hydrogens is 242 g/mol. The van der Waals surface area contributed by atoms with Crippen molar-refractivity contribution < 1.29 is 5.11 Å². The zero-order valence-corrected chi connectivity index (χ0v) is 10.6. The maximum Gasteiger partial charge on any atom is 0.131 e. The molecule has 2 nitrogen and oxygen atoms in total. The van der Waals surface area contributed by atoms with Crippen LogP contribution in [0.15, 0.2) is 24.4 Å². The first-order valence-corrected chi connectivity index (χ1v) is 6.13. The van der Waals surface area contributed by atoms with E-state index < -0.39 is 6.10 Å². The van der Waals surface area contributed by atoms with Crippen molar-refractivity contribution >= 4 is 22.9 Å². The summed E-state index contributed by atoms with van der Waals surface area (Å²) in [5, 5.41) is 10.8. The number of aromatic nitrogens is 1. The van der Waals surface area contributed by atoms with Gasteiger partial charge in [-0.15, -0.1) is 11.3 Å². The Balaban J connectivity index is 2.37. The van der Waals surface area contributed by atoms with E-state index in [1.807, 2.05) is 26.0 Å². The highest BCUT2D eigenvalue weighted by Gasteiger charge is 2.14. The summed E-state index contributed by atoms with van der Waals surface area (Å²) in [6.45, 7) is 4.02. The van der Waals surface area contributed by atoms with Crippen LogP contribution in [0.1, 0.15) is 27.8 Å². The van der Waals surface area contributed by atoms with Crippen molar-refractivity contribution in [1.29, 1.82) is 0 Å². The SMILES string of the molecule is Cc1cc(C)cc(C(O)c2ncc(Cl)s2)c1. The number of benzene rings is 1. The van der Waals surface area contributed by atoms with Gasteiger partial charge in [0.25, 0.3) is 0 Å². The number of aliphatic hydroxyl groups is 1. The van der Waals surface area contributed by atoms with Crippen LogP contribution in [0, 0.1) is 13.8 Å². The van der Waals surface area contributed by atoms with E-state index in [9.17, 15) is 5.11 Å². The third kappa shape index (κ3) is 2.43. The van der Waals surface area contributed by atoms with Crippen LogP contribution in [0.4, 0.5) is 0 Å². The zero-order chi connectivity index (χ0) is 11.7. The Bertz CT molecular complexity index is 489. The lowest BCUT2D eigenvalue weighted by Crippen LogP contribution is -1.99. The average molecular weight is 254 g/mol. The number of aryl methyl sites for hydroxylation is 2. The molecule has 0 fully saturated rings. The molecule has 84 valence electrons. The largest absolute Gasteiger partial charge is 0.381 e. The molecule has 1 aromatic carbocycles. The first-order chi connectivity index (χ1) is 7.56. The minimum atomic E-state index is -0.684. The quantitative estimate of drug-likeness (QED) is 0.889. The Morgan fingerprint density at radius 2 is 1.88 bits per heavy atom. The van der Waals surface area contributed by atoms with Crippen molar-refractivity contribution in [1.82, 2.24) is 4.98 Å². The fourth-order valence-corrected chi connectivity index (χ4v) is 2.65. The number of hydrogen-bond donors (Lipinski definition) is 1. The van der Waals surface area contributed by atoms with Crippen LogP contribution in [0.5, 0.6) is 0 Å². The predicted molar refractivity (Wildman–Crippen MR) is 67.1 cm³/mol. The molecule has 0 aliphatic carbocycles. The molecule has 0 aliphatic heterocycles. The van der Waals surface area contributed by atoms with Gasteiger partial charge in [0.1, 0.15) is 15.4 Å². The second-order valence-corrected chi connectivity index (χ2v) is 5.52. The molecule has 0 amide bonds. The Hall–Kier alpha value is -0.900. The highest BCUT2D eigenvalue weighted by atomic mass is 35.5. The Labute approximate surface area is 104 Å². The van der Waals surface area contributed by atoms with Gasteiger partial charge in [-0.3, -0.25) is 0 Å². The van der Waals surface area contributed by atoms with Gasteiger partial charge in [0.2, 0.25) is 0 Å². The van der Waals surface area contributed by atoms with Crippen molar-refractivity contribution in [2.24, 2.45) is 0 Å². The minimum absolute atomic E-state index is 0.596. The number of aliphatic hydroxyl groups excluding tert-OH is 1. The third-order valence-corrected chi connectivity index (χ3v) is 3.46. The molecule has 1 unspecified atom stereocenters. The molecule has 1 heterocycles. The molecule has 0 spiro atoms. The summed E-state index contributed by atoms with van der Waals surface area (Å²) in [7, 11) is 0. The smallest absolute Gasteiger partial charge is 0.131 e. The first kappa shape index (κ1) is 11.6. The maximum absolute atomic E-state index is 10.1. The second-order valence-electron chi connectivity index (χ2n) is 3.83. The van der Waals surface area contributed by atoms with Crippen LogP contribution < -0.4 is 0 Å². The van der Waals surface area contributed by atoms with Crippen LogP contribution >= 0.6 is 22.9 Å². The van der Waals surface area contributed by atoms with Gasteiger partial charge in [-0.05, 0) is 19.4 Å². The molecule has 1 aromatic heterocycles. The fourth-order valence-electron chi connectivity index (χ4n) is 1.70. The average Bonchev–Trinajstić information content (AvgIpc) is 2.62. The maximum atomic E-state index is 10.1. The van der Waals surface area contributed by atoms with Gasteiger partial charge in [0.05, 0.1) is 6.20 Å². The summed E-state index contributed by atoms with van der Waals surface area (Å²) >= 11 is 7.11. The molecule has 1 atom stereocenters.